The number of amides is 1. The van der Waals surface area contributed by atoms with Gasteiger partial charge >= 0.3 is 0 Å². The lowest BCUT2D eigenvalue weighted by Crippen LogP contribution is -2.46. The van der Waals surface area contributed by atoms with E-state index in [1.54, 1.807) is 6.07 Å². The van der Waals surface area contributed by atoms with Gasteiger partial charge in [0.1, 0.15) is 28.7 Å². The summed E-state index contributed by atoms with van der Waals surface area (Å²) in [6, 6.07) is 6.47. The van der Waals surface area contributed by atoms with Gasteiger partial charge in [0.05, 0.1) is 23.1 Å². The number of nitrogen functional groups attached to an aromatic ring is 1. The molecule has 0 spiro atoms. The van der Waals surface area contributed by atoms with Crippen LogP contribution in [0.5, 0.6) is 0 Å². The lowest BCUT2D eigenvalue weighted by atomic mass is 9.87. The van der Waals surface area contributed by atoms with Gasteiger partial charge in [0, 0.05) is 41.6 Å². The molecule has 2 aliphatic rings. The Morgan fingerprint density at radius 1 is 1.07 bits per heavy atom. The quantitative estimate of drug-likeness (QED) is 0.305. The summed E-state index contributed by atoms with van der Waals surface area (Å²) in [7, 11) is -3.82. The highest BCUT2D eigenvalue weighted by Crippen LogP contribution is 2.45. The minimum Gasteiger partial charge on any atom is -0.382 e. The number of carbonyl (C=O) groups excluding carboxylic acids is 1. The molecule has 2 aliphatic heterocycles. The topological polar surface area (TPSA) is 165 Å². The van der Waals surface area contributed by atoms with E-state index in [0.717, 1.165) is 31.2 Å². The van der Waals surface area contributed by atoms with E-state index >= 15 is 0 Å². The Balaban J connectivity index is 1.29. The van der Waals surface area contributed by atoms with Crippen LogP contribution in [-0.2, 0) is 9.84 Å². The fourth-order valence-electron chi connectivity index (χ4n) is 6.49. The average molecular weight is 606 g/mol. The number of carbonyl (C=O) groups is 1. The summed E-state index contributed by atoms with van der Waals surface area (Å²) >= 11 is 0. The molecule has 7 rings (SSSR count). The van der Waals surface area contributed by atoms with Crippen LogP contribution in [0.15, 0.2) is 53.9 Å². The number of halogens is 2. The standard InChI is InChI=1S/C28H25F2N9O3S/c1-43(41,42)24-23(15-9-16-6-7-17(10-15)38(16)28(40)26-33-13-34-37-26)36-27-18(12-35-39(27)25(24)31)14-5-8-21(32-11-14)22-19(29)3-2-4-20(22)30/h2-5,8,11-13,15-17H,6-7,9-10,31H2,1H3,(H,33,34,37). The van der Waals surface area contributed by atoms with Gasteiger partial charge in [0.2, 0.25) is 5.82 Å². The summed E-state index contributed by atoms with van der Waals surface area (Å²) in [6.07, 6.45) is 7.92. The molecule has 1 aromatic carbocycles. The second kappa shape index (κ2) is 9.90. The molecular weight excluding hydrogens is 580 g/mol. The first-order chi connectivity index (χ1) is 20.6. The van der Waals surface area contributed by atoms with Crippen LogP contribution in [0, 0.1) is 11.6 Å². The number of aromatic nitrogens is 7. The Kier molecular flexibility index (Phi) is 6.23. The van der Waals surface area contributed by atoms with E-state index in [-0.39, 0.29) is 51.7 Å². The van der Waals surface area contributed by atoms with Crippen LogP contribution >= 0.6 is 0 Å². The smallest absolute Gasteiger partial charge is 0.292 e. The third kappa shape index (κ3) is 4.42. The molecule has 43 heavy (non-hydrogen) atoms. The average Bonchev–Trinajstić information content (AvgIpc) is 3.71. The maximum Gasteiger partial charge on any atom is 0.292 e. The molecule has 6 heterocycles. The van der Waals surface area contributed by atoms with Gasteiger partial charge in [-0.25, -0.2) is 22.2 Å². The number of nitrogens with zero attached hydrogens (tertiary/aromatic N) is 7. The van der Waals surface area contributed by atoms with Gasteiger partial charge in [-0.3, -0.25) is 9.78 Å². The largest absolute Gasteiger partial charge is 0.382 e. The van der Waals surface area contributed by atoms with Crippen LogP contribution in [0.25, 0.3) is 28.0 Å². The number of H-pyrrole nitrogens is 1. The number of nitrogens with one attached hydrogen (secondary N) is 1. The molecule has 2 saturated heterocycles. The van der Waals surface area contributed by atoms with E-state index < -0.39 is 21.5 Å². The van der Waals surface area contributed by atoms with Crippen molar-refractivity contribution in [3.05, 3.63) is 72.2 Å². The second-order valence-corrected chi connectivity index (χ2v) is 12.9. The lowest BCUT2D eigenvalue weighted by Gasteiger charge is -2.38. The number of rotatable bonds is 5. The Bertz CT molecular complexity index is 1960. The van der Waals surface area contributed by atoms with Gasteiger partial charge in [-0.05, 0) is 43.9 Å². The van der Waals surface area contributed by atoms with Crippen LogP contribution in [0.2, 0.25) is 0 Å². The van der Waals surface area contributed by atoms with E-state index in [1.807, 2.05) is 4.90 Å². The summed E-state index contributed by atoms with van der Waals surface area (Å²) < 4.78 is 56.0. The van der Waals surface area contributed by atoms with Crippen molar-refractivity contribution < 1.29 is 22.0 Å². The molecule has 0 radical (unpaired) electrons. The third-order valence-corrected chi connectivity index (χ3v) is 9.46. The van der Waals surface area contributed by atoms with Gasteiger partial charge in [-0.15, -0.1) is 10.2 Å². The number of fused-ring (bicyclic) bond motifs is 3. The number of piperidine rings is 1. The number of benzene rings is 1. The van der Waals surface area contributed by atoms with Crippen LogP contribution in [-0.4, -0.2) is 72.3 Å². The molecule has 0 aliphatic carbocycles. The van der Waals surface area contributed by atoms with E-state index in [0.29, 0.717) is 35.3 Å². The molecule has 5 aromatic rings. The Morgan fingerprint density at radius 3 is 2.40 bits per heavy atom. The molecule has 15 heteroatoms. The summed E-state index contributed by atoms with van der Waals surface area (Å²) in [5.74, 6) is -1.89. The van der Waals surface area contributed by atoms with Crippen molar-refractivity contribution in [3.8, 4) is 22.4 Å². The molecular formula is C28H25F2N9O3S. The van der Waals surface area contributed by atoms with E-state index in [2.05, 4.69) is 25.3 Å². The Labute approximate surface area is 243 Å². The predicted molar refractivity (Wildman–Crippen MR) is 150 cm³/mol. The highest BCUT2D eigenvalue weighted by atomic mass is 32.2. The van der Waals surface area contributed by atoms with Crippen molar-refractivity contribution >= 4 is 27.2 Å². The number of pyridine rings is 1. The minimum absolute atomic E-state index is 0.0701. The number of aromatic amines is 1. The van der Waals surface area contributed by atoms with Gasteiger partial charge in [0.25, 0.3) is 5.91 Å². The molecule has 1 amide bonds. The summed E-state index contributed by atoms with van der Waals surface area (Å²) in [5.41, 5.74) is 8.05. The zero-order valence-electron chi connectivity index (χ0n) is 22.8. The first kappa shape index (κ1) is 27.1. The van der Waals surface area contributed by atoms with Crippen LogP contribution in [0.1, 0.15) is 47.9 Å². The molecule has 220 valence electrons. The number of hydrogen-bond donors (Lipinski definition) is 2. The fourth-order valence-corrected chi connectivity index (χ4v) is 7.54. The predicted octanol–water partition coefficient (Wildman–Crippen LogP) is 3.39. The maximum absolute atomic E-state index is 14.3. The molecule has 2 fully saturated rings. The monoisotopic (exact) mass is 605 g/mol. The molecule has 2 bridgehead atoms. The number of hydrogen-bond acceptors (Lipinski definition) is 9. The maximum atomic E-state index is 14.3. The molecule has 2 atom stereocenters. The van der Waals surface area contributed by atoms with Crippen molar-refractivity contribution in [1.29, 1.82) is 0 Å². The fraction of sp³-hybridized carbons (Fsp3) is 0.286. The molecule has 4 aromatic heterocycles. The van der Waals surface area contributed by atoms with Crippen LogP contribution in [0.4, 0.5) is 14.6 Å². The van der Waals surface area contributed by atoms with E-state index in [4.69, 9.17) is 10.7 Å². The van der Waals surface area contributed by atoms with E-state index in [1.165, 1.54) is 35.4 Å². The zero-order valence-corrected chi connectivity index (χ0v) is 23.6. The zero-order chi connectivity index (χ0) is 30.0. The van der Waals surface area contributed by atoms with Crippen LogP contribution < -0.4 is 5.73 Å². The number of sulfone groups is 1. The first-order valence-electron chi connectivity index (χ1n) is 13.6. The second-order valence-electron chi connectivity index (χ2n) is 10.9. The van der Waals surface area contributed by atoms with E-state index in [9.17, 15) is 22.0 Å². The van der Waals surface area contributed by atoms with Crippen molar-refractivity contribution in [2.75, 3.05) is 12.0 Å². The molecule has 3 N–H and O–H groups in total. The molecule has 0 saturated carbocycles. The van der Waals surface area contributed by atoms with Gasteiger partial charge < -0.3 is 15.6 Å². The number of anilines is 1. The normalized spacial score (nSPS) is 20.2. The lowest BCUT2D eigenvalue weighted by molar-refractivity contribution is 0.0556. The minimum atomic E-state index is -3.82. The van der Waals surface area contributed by atoms with Crippen molar-refractivity contribution in [2.24, 2.45) is 0 Å². The molecule has 2 unspecified atom stereocenters. The summed E-state index contributed by atoms with van der Waals surface area (Å²) in [5, 5.41) is 11.9. The summed E-state index contributed by atoms with van der Waals surface area (Å²) in [6.45, 7) is 0. The van der Waals surface area contributed by atoms with Gasteiger partial charge in [-0.1, -0.05) is 12.1 Å². The van der Waals surface area contributed by atoms with Crippen LogP contribution in [0.3, 0.4) is 0 Å². The highest BCUT2D eigenvalue weighted by molar-refractivity contribution is 7.91. The highest BCUT2D eigenvalue weighted by Gasteiger charge is 2.46. The first-order valence-corrected chi connectivity index (χ1v) is 15.5. The molecule has 12 nitrogen and oxygen atoms in total. The van der Waals surface area contributed by atoms with Gasteiger partial charge in [-0.2, -0.15) is 9.61 Å². The van der Waals surface area contributed by atoms with Gasteiger partial charge in [0.15, 0.2) is 15.5 Å². The number of nitrogens with two attached hydrogens (primary N) is 1. The van der Waals surface area contributed by atoms with Crippen molar-refractivity contribution in [3.63, 3.8) is 0 Å². The van der Waals surface area contributed by atoms with Crippen molar-refractivity contribution in [1.82, 2.24) is 39.7 Å². The summed E-state index contributed by atoms with van der Waals surface area (Å²) in [4.78, 5) is 26.8. The van der Waals surface area contributed by atoms with Crippen molar-refractivity contribution in [2.45, 2.75) is 48.6 Å². The Hall–Kier alpha value is -4.79. The third-order valence-electron chi connectivity index (χ3n) is 8.30. The Morgan fingerprint density at radius 2 is 1.79 bits per heavy atom. The SMILES string of the molecule is CS(=O)(=O)c1c(C2CC3CCC(C2)N3C(=O)c2nnc[nH]2)nc2c(-c3ccc(-c4c(F)cccc4F)nc3)cnn2c1N.